The Morgan fingerprint density at radius 2 is 1.89 bits per heavy atom. The number of nitrogens with zero attached hydrogens (tertiary/aromatic N) is 3. The minimum absolute atomic E-state index is 0.0881. The fourth-order valence-electron chi connectivity index (χ4n) is 3.41. The second kappa shape index (κ2) is 9.23. The van der Waals surface area contributed by atoms with Crippen molar-refractivity contribution in [3.8, 4) is 11.8 Å². The summed E-state index contributed by atoms with van der Waals surface area (Å²) in [6, 6.07) is 11.7. The van der Waals surface area contributed by atoms with Crippen LogP contribution < -0.4 is 9.64 Å². The molecule has 0 atom stereocenters. The summed E-state index contributed by atoms with van der Waals surface area (Å²) in [5, 5.41) is 8.85. The van der Waals surface area contributed by atoms with Gasteiger partial charge in [0.05, 0.1) is 11.5 Å². The Kier molecular flexibility index (Phi) is 6.49. The molecule has 0 amide bonds. The summed E-state index contributed by atoms with van der Waals surface area (Å²) >= 11 is 0. The van der Waals surface area contributed by atoms with Crippen molar-refractivity contribution in [1.29, 1.82) is 5.26 Å². The predicted molar refractivity (Wildman–Crippen MR) is 106 cm³/mol. The number of esters is 1. The molecular formula is C22H25N3O3. The molecule has 6 heteroatoms. The molecule has 146 valence electrons. The van der Waals surface area contributed by atoms with E-state index in [1.54, 1.807) is 12.3 Å². The third kappa shape index (κ3) is 4.80. The highest BCUT2D eigenvalue weighted by Crippen LogP contribution is 2.24. The van der Waals surface area contributed by atoms with Gasteiger partial charge in [-0.05, 0) is 49.9 Å². The minimum atomic E-state index is -0.155. The van der Waals surface area contributed by atoms with Gasteiger partial charge >= 0.3 is 5.97 Å². The number of anilines is 1. The number of ether oxygens (including phenoxy) is 2. The van der Waals surface area contributed by atoms with Gasteiger partial charge in [-0.3, -0.25) is 4.79 Å². The molecular weight excluding hydrogens is 354 g/mol. The summed E-state index contributed by atoms with van der Waals surface area (Å²) in [4.78, 5) is 18.8. The first kappa shape index (κ1) is 19.7. The number of hydrogen-bond donors (Lipinski definition) is 0. The van der Waals surface area contributed by atoms with Gasteiger partial charge in [-0.25, -0.2) is 4.98 Å². The number of hydrogen-bond acceptors (Lipinski definition) is 6. The van der Waals surface area contributed by atoms with Gasteiger partial charge in [-0.2, -0.15) is 5.26 Å². The normalized spacial score (nSPS) is 14.4. The molecule has 2 heterocycles. The third-order valence-electron chi connectivity index (χ3n) is 5.01. The summed E-state index contributed by atoms with van der Waals surface area (Å²) in [7, 11) is 0. The molecule has 2 aromatic rings. The standard InChI is InChI=1S/C22H25N3O3/c1-16-4-3-5-17(2)21(16)27-12-13-28-22(26)19-8-10-25(11-9-19)20-7-6-18(14-23)15-24-20/h3-7,15,19H,8-13H2,1-2H3. The van der Waals surface area contributed by atoms with Gasteiger partial charge in [0.2, 0.25) is 0 Å². The Morgan fingerprint density at radius 3 is 2.50 bits per heavy atom. The van der Waals surface area contributed by atoms with E-state index >= 15 is 0 Å². The van der Waals surface area contributed by atoms with E-state index in [0.29, 0.717) is 12.2 Å². The molecule has 0 N–H and O–H groups in total. The average molecular weight is 379 g/mol. The van der Waals surface area contributed by atoms with Gasteiger partial charge in [-0.15, -0.1) is 0 Å². The van der Waals surface area contributed by atoms with Crippen LogP contribution in [-0.2, 0) is 9.53 Å². The quantitative estimate of drug-likeness (QED) is 0.566. The lowest BCUT2D eigenvalue weighted by atomic mass is 9.97. The van der Waals surface area contributed by atoms with Crippen LogP contribution in [0.25, 0.3) is 0 Å². The molecule has 1 aromatic carbocycles. The Morgan fingerprint density at radius 1 is 1.18 bits per heavy atom. The van der Waals surface area contributed by atoms with Gasteiger partial charge in [0, 0.05) is 19.3 Å². The Bertz CT molecular complexity index is 830. The molecule has 0 bridgehead atoms. The van der Waals surface area contributed by atoms with Crippen molar-refractivity contribution in [1.82, 2.24) is 4.98 Å². The monoisotopic (exact) mass is 379 g/mol. The number of rotatable bonds is 6. The van der Waals surface area contributed by atoms with E-state index < -0.39 is 0 Å². The van der Waals surface area contributed by atoms with Crippen molar-refractivity contribution in [2.45, 2.75) is 26.7 Å². The summed E-state index contributed by atoms with van der Waals surface area (Å²) in [5.74, 6) is 1.46. The van der Waals surface area contributed by atoms with E-state index in [4.69, 9.17) is 14.7 Å². The molecule has 0 saturated carbocycles. The largest absolute Gasteiger partial charge is 0.489 e. The molecule has 28 heavy (non-hydrogen) atoms. The van der Waals surface area contributed by atoms with E-state index in [2.05, 4.69) is 16.0 Å². The van der Waals surface area contributed by atoms with Gasteiger partial charge in [-0.1, -0.05) is 18.2 Å². The molecule has 1 fully saturated rings. The topological polar surface area (TPSA) is 75.5 Å². The molecule has 1 saturated heterocycles. The highest BCUT2D eigenvalue weighted by molar-refractivity contribution is 5.72. The van der Waals surface area contributed by atoms with Crippen molar-refractivity contribution in [3.63, 3.8) is 0 Å². The number of carbonyl (C=O) groups is 1. The van der Waals surface area contributed by atoms with Crippen molar-refractivity contribution < 1.29 is 14.3 Å². The van der Waals surface area contributed by atoms with Gasteiger partial charge in [0.25, 0.3) is 0 Å². The molecule has 1 aromatic heterocycles. The molecule has 0 spiro atoms. The minimum Gasteiger partial charge on any atom is -0.489 e. The number of para-hydroxylation sites is 1. The van der Waals surface area contributed by atoms with Crippen LogP contribution >= 0.6 is 0 Å². The average Bonchev–Trinajstić information content (AvgIpc) is 2.73. The molecule has 3 rings (SSSR count). The number of aryl methyl sites for hydroxylation is 2. The van der Waals surface area contributed by atoms with E-state index in [0.717, 1.165) is 48.6 Å². The number of piperidine rings is 1. The molecule has 0 radical (unpaired) electrons. The summed E-state index contributed by atoms with van der Waals surface area (Å²) in [6.07, 6.45) is 3.04. The highest BCUT2D eigenvalue weighted by Gasteiger charge is 2.26. The zero-order valence-corrected chi connectivity index (χ0v) is 16.4. The lowest BCUT2D eigenvalue weighted by Crippen LogP contribution is -2.37. The maximum atomic E-state index is 12.3. The second-order valence-corrected chi connectivity index (χ2v) is 7.02. The van der Waals surface area contributed by atoms with E-state index in [1.807, 2.05) is 38.1 Å². The molecule has 0 unspecified atom stereocenters. The Labute approximate surface area is 165 Å². The fraction of sp³-hybridized carbons (Fsp3) is 0.409. The number of aromatic nitrogens is 1. The Hall–Kier alpha value is -3.07. The van der Waals surface area contributed by atoms with Crippen molar-refractivity contribution in [3.05, 3.63) is 53.2 Å². The van der Waals surface area contributed by atoms with Crippen LogP contribution in [0.1, 0.15) is 29.5 Å². The van der Waals surface area contributed by atoms with Gasteiger partial charge in [0.15, 0.2) is 0 Å². The number of pyridine rings is 1. The van der Waals surface area contributed by atoms with Crippen molar-refractivity contribution in [2.24, 2.45) is 5.92 Å². The van der Waals surface area contributed by atoms with Crippen molar-refractivity contribution in [2.75, 3.05) is 31.2 Å². The van der Waals surface area contributed by atoms with Crippen LogP contribution in [0.2, 0.25) is 0 Å². The SMILES string of the molecule is Cc1cccc(C)c1OCCOC(=O)C1CCN(c2ccc(C#N)cn2)CC1. The van der Waals surface area contributed by atoms with Crippen LogP contribution in [0.5, 0.6) is 5.75 Å². The first-order valence-electron chi connectivity index (χ1n) is 9.55. The van der Waals surface area contributed by atoms with Crippen molar-refractivity contribution >= 4 is 11.8 Å². The maximum Gasteiger partial charge on any atom is 0.309 e. The highest BCUT2D eigenvalue weighted by atomic mass is 16.6. The molecule has 0 aliphatic carbocycles. The summed E-state index contributed by atoms with van der Waals surface area (Å²) in [6.45, 7) is 6.11. The molecule has 6 nitrogen and oxygen atoms in total. The van der Waals surface area contributed by atoms with Gasteiger partial charge < -0.3 is 14.4 Å². The van der Waals surface area contributed by atoms with Crippen LogP contribution in [0, 0.1) is 31.1 Å². The number of nitriles is 1. The third-order valence-corrected chi connectivity index (χ3v) is 5.01. The Balaban J connectivity index is 1.41. The van der Waals surface area contributed by atoms with E-state index in [9.17, 15) is 4.79 Å². The van der Waals surface area contributed by atoms with Crippen LogP contribution in [0.3, 0.4) is 0 Å². The first-order chi connectivity index (χ1) is 13.6. The van der Waals surface area contributed by atoms with Crippen LogP contribution in [0.4, 0.5) is 5.82 Å². The molecule has 1 aliphatic rings. The molecule has 1 aliphatic heterocycles. The van der Waals surface area contributed by atoms with E-state index in [1.165, 1.54) is 0 Å². The smallest absolute Gasteiger partial charge is 0.309 e. The summed E-state index contributed by atoms with van der Waals surface area (Å²) in [5.41, 5.74) is 2.70. The number of benzene rings is 1. The second-order valence-electron chi connectivity index (χ2n) is 7.02. The summed E-state index contributed by atoms with van der Waals surface area (Å²) < 4.78 is 11.2. The van der Waals surface area contributed by atoms with Crippen LogP contribution in [-0.4, -0.2) is 37.3 Å². The maximum absolute atomic E-state index is 12.3. The number of carbonyl (C=O) groups excluding carboxylic acids is 1. The zero-order valence-electron chi connectivity index (χ0n) is 16.4. The van der Waals surface area contributed by atoms with Gasteiger partial charge in [0.1, 0.15) is 30.9 Å². The lowest BCUT2D eigenvalue weighted by molar-refractivity contribution is -0.150. The fourth-order valence-corrected chi connectivity index (χ4v) is 3.41. The predicted octanol–water partition coefficient (Wildman–Crippen LogP) is 3.41. The zero-order chi connectivity index (χ0) is 19.9. The lowest BCUT2D eigenvalue weighted by Gasteiger charge is -2.31. The first-order valence-corrected chi connectivity index (χ1v) is 9.55. The van der Waals surface area contributed by atoms with Crippen LogP contribution in [0.15, 0.2) is 36.5 Å². The van der Waals surface area contributed by atoms with E-state index in [-0.39, 0.29) is 18.5 Å².